The van der Waals surface area contributed by atoms with Gasteiger partial charge < -0.3 is 5.73 Å². The summed E-state index contributed by atoms with van der Waals surface area (Å²) in [6.45, 7) is 1.91. The van der Waals surface area contributed by atoms with Crippen molar-refractivity contribution in [3.8, 4) is 0 Å². The lowest BCUT2D eigenvalue weighted by Gasteiger charge is -2.06. The van der Waals surface area contributed by atoms with Crippen molar-refractivity contribution < 1.29 is 0 Å². The molecule has 1 saturated heterocycles. The van der Waals surface area contributed by atoms with Gasteiger partial charge in [0.05, 0.1) is 12.1 Å². The normalized spacial score (nSPS) is 24.9. The molecule has 2 atom stereocenters. The quantitative estimate of drug-likeness (QED) is 0.769. The van der Waals surface area contributed by atoms with E-state index in [1.807, 2.05) is 23.4 Å². The van der Waals surface area contributed by atoms with Gasteiger partial charge in [-0.15, -0.1) is 0 Å². The minimum absolute atomic E-state index is 0.0599. The van der Waals surface area contributed by atoms with E-state index in [0.29, 0.717) is 6.04 Å². The average Bonchev–Trinajstić information content (AvgIpc) is 2.75. The Bertz CT molecular complexity index is 277. The van der Waals surface area contributed by atoms with Crippen molar-refractivity contribution in [3.63, 3.8) is 0 Å². The fourth-order valence-electron chi connectivity index (χ4n) is 1.40. The molecule has 2 N–H and O–H groups in total. The Morgan fingerprint density at radius 3 is 3.15 bits per heavy atom. The smallest absolute Gasteiger partial charge is 0.166 e. The van der Waals surface area contributed by atoms with Crippen molar-refractivity contribution in [3.05, 3.63) is 12.2 Å². The highest BCUT2D eigenvalue weighted by Gasteiger charge is 2.19. The standard InChI is InChI=1S/C8H14N4S/c1-6(9)8-10-5-12(11-8)7-2-3-13-4-7/h5-7H,2-4,9H2,1H3. The monoisotopic (exact) mass is 198 g/mol. The van der Waals surface area contributed by atoms with Crippen molar-refractivity contribution in [2.45, 2.75) is 25.4 Å². The number of rotatable bonds is 2. The first-order valence-electron chi connectivity index (χ1n) is 4.52. The molecule has 1 aliphatic rings. The zero-order chi connectivity index (χ0) is 9.26. The molecule has 13 heavy (non-hydrogen) atoms. The van der Waals surface area contributed by atoms with Gasteiger partial charge in [-0.1, -0.05) is 0 Å². The van der Waals surface area contributed by atoms with Gasteiger partial charge in [0, 0.05) is 5.75 Å². The lowest BCUT2D eigenvalue weighted by molar-refractivity contribution is 0.493. The molecule has 1 aromatic heterocycles. The molecule has 1 aliphatic heterocycles. The second-order valence-corrected chi connectivity index (χ2v) is 4.54. The molecule has 0 spiro atoms. The van der Waals surface area contributed by atoms with Crippen LogP contribution in [0.4, 0.5) is 0 Å². The van der Waals surface area contributed by atoms with Crippen LogP contribution in [0.25, 0.3) is 0 Å². The second kappa shape index (κ2) is 3.67. The number of nitrogens with zero attached hydrogens (tertiary/aromatic N) is 3. The topological polar surface area (TPSA) is 56.7 Å². The maximum Gasteiger partial charge on any atom is 0.166 e. The Morgan fingerprint density at radius 1 is 1.77 bits per heavy atom. The molecule has 2 heterocycles. The number of hydrogen-bond acceptors (Lipinski definition) is 4. The summed E-state index contributed by atoms with van der Waals surface area (Å²) in [6, 6.07) is 0.473. The molecule has 0 aliphatic carbocycles. The summed E-state index contributed by atoms with van der Waals surface area (Å²) in [5, 5.41) is 4.36. The van der Waals surface area contributed by atoms with Crippen LogP contribution in [0.1, 0.15) is 31.3 Å². The van der Waals surface area contributed by atoms with E-state index in [0.717, 1.165) is 11.6 Å². The van der Waals surface area contributed by atoms with Crippen LogP contribution in [-0.4, -0.2) is 26.3 Å². The first kappa shape index (κ1) is 9.02. The van der Waals surface area contributed by atoms with Crippen LogP contribution in [0.2, 0.25) is 0 Å². The lowest BCUT2D eigenvalue weighted by atomic mass is 10.3. The van der Waals surface area contributed by atoms with Crippen molar-refractivity contribution in [1.29, 1.82) is 0 Å². The molecular weight excluding hydrogens is 184 g/mol. The van der Waals surface area contributed by atoms with Crippen LogP contribution in [0.3, 0.4) is 0 Å². The molecule has 0 saturated carbocycles. The predicted octanol–water partition coefficient (Wildman–Crippen LogP) is 0.976. The highest BCUT2D eigenvalue weighted by atomic mass is 32.2. The molecule has 1 fully saturated rings. The van der Waals surface area contributed by atoms with E-state index < -0.39 is 0 Å². The summed E-state index contributed by atoms with van der Waals surface area (Å²) in [7, 11) is 0. The van der Waals surface area contributed by atoms with Gasteiger partial charge in [0.1, 0.15) is 6.33 Å². The fourth-order valence-corrected chi connectivity index (χ4v) is 2.60. The zero-order valence-corrected chi connectivity index (χ0v) is 8.50. The molecule has 0 amide bonds. The van der Waals surface area contributed by atoms with Crippen LogP contribution in [0, 0.1) is 0 Å². The Hall–Kier alpha value is -0.550. The number of hydrogen-bond donors (Lipinski definition) is 1. The maximum atomic E-state index is 5.68. The highest BCUT2D eigenvalue weighted by Crippen LogP contribution is 2.26. The Morgan fingerprint density at radius 2 is 2.62 bits per heavy atom. The minimum atomic E-state index is -0.0599. The van der Waals surface area contributed by atoms with Gasteiger partial charge in [0.15, 0.2) is 5.82 Å². The van der Waals surface area contributed by atoms with Crippen LogP contribution in [0.15, 0.2) is 6.33 Å². The molecule has 2 unspecified atom stereocenters. The summed E-state index contributed by atoms with van der Waals surface area (Å²) in [5.74, 6) is 3.14. The Labute approximate surface area is 81.9 Å². The maximum absolute atomic E-state index is 5.68. The Balaban J connectivity index is 2.12. The van der Waals surface area contributed by atoms with Crippen molar-refractivity contribution >= 4 is 11.8 Å². The molecule has 72 valence electrons. The molecule has 0 aromatic carbocycles. The molecule has 4 nitrogen and oxygen atoms in total. The third-order valence-electron chi connectivity index (χ3n) is 2.21. The van der Waals surface area contributed by atoms with Gasteiger partial charge in [0.2, 0.25) is 0 Å². The number of aromatic nitrogens is 3. The molecule has 1 aromatic rings. The SMILES string of the molecule is CC(N)c1ncn(C2CCSC2)n1. The number of thioether (sulfide) groups is 1. The van der Waals surface area contributed by atoms with Gasteiger partial charge >= 0.3 is 0 Å². The molecule has 2 rings (SSSR count). The van der Waals surface area contributed by atoms with Crippen molar-refractivity contribution in [2.24, 2.45) is 5.73 Å². The van der Waals surface area contributed by atoms with Crippen molar-refractivity contribution in [1.82, 2.24) is 14.8 Å². The third kappa shape index (κ3) is 1.86. The van der Waals surface area contributed by atoms with E-state index in [1.165, 1.54) is 12.2 Å². The van der Waals surface area contributed by atoms with Crippen LogP contribution in [-0.2, 0) is 0 Å². The van der Waals surface area contributed by atoms with Gasteiger partial charge in [-0.2, -0.15) is 16.9 Å². The first-order chi connectivity index (χ1) is 6.27. The Kier molecular flexibility index (Phi) is 2.55. The van der Waals surface area contributed by atoms with E-state index in [9.17, 15) is 0 Å². The molecular formula is C8H14N4S. The van der Waals surface area contributed by atoms with Gasteiger partial charge in [-0.05, 0) is 19.1 Å². The molecule has 0 bridgehead atoms. The third-order valence-corrected chi connectivity index (χ3v) is 3.36. The molecule has 0 radical (unpaired) electrons. The van der Waals surface area contributed by atoms with E-state index in [4.69, 9.17) is 5.73 Å². The molecule has 5 heteroatoms. The second-order valence-electron chi connectivity index (χ2n) is 3.39. The van der Waals surface area contributed by atoms with Gasteiger partial charge in [-0.25, -0.2) is 9.67 Å². The largest absolute Gasteiger partial charge is 0.321 e. The zero-order valence-electron chi connectivity index (χ0n) is 7.68. The summed E-state index contributed by atoms with van der Waals surface area (Å²) in [5.41, 5.74) is 5.68. The van der Waals surface area contributed by atoms with Gasteiger partial charge in [0.25, 0.3) is 0 Å². The minimum Gasteiger partial charge on any atom is -0.321 e. The van der Waals surface area contributed by atoms with Crippen molar-refractivity contribution in [2.75, 3.05) is 11.5 Å². The van der Waals surface area contributed by atoms with E-state index in [1.54, 1.807) is 6.33 Å². The summed E-state index contributed by atoms with van der Waals surface area (Å²) < 4.78 is 1.96. The van der Waals surface area contributed by atoms with E-state index in [-0.39, 0.29) is 6.04 Å². The summed E-state index contributed by atoms with van der Waals surface area (Å²) in [4.78, 5) is 4.18. The highest BCUT2D eigenvalue weighted by molar-refractivity contribution is 7.99. The fraction of sp³-hybridized carbons (Fsp3) is 0.750. The van der Waals surface area contributed by atoms with Gasteiger partial charge in [-0.3, -0.25) is 0 Å². The number of nitrogens with two attached hydrogens (primary N) is 1. The summed E-state index contributed by atoms with van der Waals surface area (Å²) >= 11 is 1.97. The first-order valence-corrected chi connectivity index (χ1v) is 5.67. The lowest BCUT2D eigenvalue weighted by Crippen LogP contribution is -2.11. The predicted molar refractivity (Wildman–Crippen MR) is 53.6 cm³/mol. The van der Waals surface area contributed by atoms with Crippen LogP contribution >= 0.6 is 11.8 Å². The van der Waals surface area contributed by atoms with Crippen LogP contribution < -0.4 is 5.73 Å². The van der Waals surface area contributed by atoms with E-state index >= 15 is 0 Å². The van der Waals surface area contributed by atoms with E-state index in [2.05, 4.69) is 10.1 Å². The average molecular weight is 198 g/mol. The summed E-state index contributed by atoms with van der Waals surface area (Å²) in [6.07, 6.45) is 3.00. The van der Waals surface area contributed by atoms with Crippen LogP contribution in [0.5, 0.6) is 0 Å².